The van der Waals surface area contributed by atoms with Crippen molar-refractivity contribution in [3.8, 4) is 0 Å². The number of fused-ring (bicyclic) bond motifs is 1. The number of imide groups is 1. The molecule has 1 aromatic carbocycles. The van der Waals surface area contributed by atoms with E-state index in [0.717, 1.165) is 0 Å². The van der Waals surface area contributed by atoms with E-state index in [4.69, 9.17) is 0 Å². The molecule has 3 heteroatoms. The zero-order valence-electron chi connectivity index (χ0n) is 5.55. The molecule has 1 aliphatic rings. The molecule has 0 unspecified atom stereocenters. The summed E-state index contributed by atoms with van der Waals surface area (Å²) in [6.45, 7) is 0. The summed E-state index contributed by atoms with van der Waals surface area (Å²) >= 11 is 0. The number of benzene rings is 1. The third-order valence-electron chi connectivity index (χ3n) is 1.58. The number of carbonyl (C=O) groups excluding carboxylic acids is 2. The van der Waals surface area contributed by atoms with E-state index in [1.54, 1.807) is 12.1 Å². The van der Waals surface area contributed by atoms with Gasteiger partial charge in [0.1, 0.15) is 0 Å². The minimum Gasteiger partial charge on any atom is -0.288 e. The fraction of sp³-hybridized carbons (Fsp3) is 0. The van der Waals surface area contributed by atoms with Crippen LogP contribution in [-0.4, -0.2) is 11.8 Å². The molecule has 1 radical (unpaired) electrons. The highest BCUT2D eigenvalue weighted by molar-refractivity contribution is 6.21. The van der Waals surface area contributed by atoms with Gasteiger partial charge in [-0.05, 0) is 18.2 Å². The maximum Gasteiger partial charge on any atom is 0.258 e. The number of amides is 2. The molecular weight excluding hydrogens is 142 g/mol. The first-order chi connectivity index (χ1) is 5.29. The molecule has 1 aromatic rings. The fourth-order valence-electron chi connectivity index (χ4n) is 1.05. The van der Waals surface area contributed by atoms with Gasteiger partial charge in [0.2, 0.25) is 0 Å². The van der Waals surface area contributed by atoms with Gasteiger partial charge in [-0.1, -0.05) is 6.07 Å². The molecule has 3 nitrogen and oxygen atoms in total. The highest BCUT2D eigenvalue weighted by Gasteiger charge is 2.25. The minimum absolute atomic E-state index is 0.320. The van der Waals surface area contributed by atoms with Crippen molar-refractivity contribution in [2.24, 2.45) is 0 Å². The molecule has 0 spiro atoms. The molecule has 2 amide bonds. The van der Waals surface area contributed by atoms with Crippen molar-refractivity contribution < 1.29 is 9.59 Å². The zero-order valence-corrected chi connectivity index (χ0v) is 5.55. The van der Waals surface area contributed by atoms with Crippen LogP contribution in [0.2, 0.25) is 0 Å². The van der Waals surface area contributed by atoms with Crippen molar-refractivity contribution >= 4 is 11.8 Å². The summed E-state index contributed by atoms with van der Waals surface area (Å²) in [6.07, 6.45) is 0. The average Bonchev–Trinajstić information content (AvgIpc) is 2.30. The monoisotopic (exact) mass is 146 g/mol. The van der Waals surface area contributed by atoms with Gasteiger partial charge >= 0.3 is 0 Å². The summed E-state index contributed by atoms with van der Waals surface area (Å²) in [5.41, 5.74) is 0.853. The quantitative estimate of drug-likeness (QED) is 0.537. The second kappa shape index (κ2) is 1.92. The molecule has 53 valence electrons. The predicted octanol–water partition coefficient (Wildman–Crippen LogP) is 0.370. The van der Waals surface area contributed by atoms with Crippen LogP contribution >= 0.6 is 0 Å². The van der Waals surface area contributed by atoms with Crippen LogP contribution in [-0.2, 0) is 0 Å². The Morgan fingerprint density at radius 3 is 2.64 bits per heavy atom. The van der Waals surface area contributed by atoms with E-state index < -0.39 is 0 Å². The molecule has 0 bridgehead atoms. The number of hydrogen-bond acceptors (Lipinski definition) is 2. The van der Waals surface area contributed by atoms with E-state index in [2.05, 4.69) is 11.4 Å². The molecule has 0 saturated heterocycles. The van der Waals surface area contributed by atoms with Crippen LogP contribution in [0.5, 0.6) is 0 Å². The van der Waals surface area contributed by atoms with E-state index >= 15 is 0 Å². The topological polar surface area (TPSA) is 46.2 Å². The Balaban J connectivity index is 2.69. The van der Waals surface area contributed by atoms with E-state index in [9.17, 15) is 9.59 Å². The Kier molecular flexibility index (Phi) is 1.06. The Hall–Kier alpha value is -1.64. The van der Waals surface area contributed by atoms with Crippen LogP contribution in [0, 0.1) is 6.07 Å². The fourth-order valence-corrected chi connectivity index (χ4v) is 1.05. The summed E-state index contributed by atoms with van der Waals surface area (Å²) in [4.78, 5) is 21.9. The van der Waals surface area contributed by atoms with E-state index in [1.165, 1.54) is 6.07 Å². The van der Waals surface area contributed by atoms with Crippen LogP contribution in [0.3, 0.4) is 0 Å². The summed E-state index contributed by atoms with van der Waals surface area (Å²) in [5, 5.41) is 2.18. The predicted molar refractivity (Wildman–Crippen MR) is 37.1 cm³/mol. The van der Waals surface area contributed by atoms with E-state index in [-0.39, 0.29) is 11.8 Å². The molecule has 1 heterocycles. The first-order valence-corrected chi connectivity index (χ1v) is 3.15. The minimum atomic E-state index is -0.332. The maximum atomic E-state index is 10.9. The van der Waals surface area contributed by atoms with Crippen LogP contribution < -0.4 is 5.32 Å². The zero-order chi connectivity index (χ0) is 7.84. The Bertz CT molecular complexity index is 311. The van der Waals surface area contributed by atoms with Crippen molar-refractivity contribution in [2.75, 3.05) is 0 Å². The molecule has 1 aliphatic heterocycles. The second-order valence-corrected chi connectivity index (χ2v) is 2.25. The van der Waals surface area contributed by atoms with Crippen LogP contribution in [0.4, 0.5) is 0 Å². The molecule has 2 rings (SSSR count). The normalized spacial score (nSPS) is 14.5. The maximum absolute atomic E-state index is 10.9. The van der Waals surface area contributed by atoms with Gasteiger partial charge in [0.25, 0.3) is 11.8 Å². The van der Waals surface area contributed by atoms with E-state index in [1.807, 2.05) is 0 Å². The van der Waals surface area contributed by atoms with Crippen molar-refractivity contribution in [3.63, 3.8) is 0 Å². The smallest absolute Gasteiger partial charge is 0.258 e. The highest BCUT2D eigenvalue weighted by Crippen LogP contribution is 2.13. The summed E-state index contributed by atoms with van der Waals surface area (Å²) < 4.78 is 0. The van der Waals surface area contributed by atoms with Crippen molar-refractivity contribution in [2.45, 2.75) is 0 Å². The SMILES string of the molecule is O=C1NC(=O)c2cc[c]cc21. The summed E-state index contributed by atoms with van der Waals surface area (Å²) in [6, 6.07) is 7.43. The Labute approximate surface area is 63.0 Å². The highest BCUT2D eigenvalue weighted by atomic mass is 16.2. The molecule has 0 fully saturated rings. The lowest BCUT2D eigenvalue weighted by Crippen LogP contribution is -2.19. The van der Waals surface area contributed by atoms with Crippen molar-refractivity contribution in [1.82, 2.24) is 5.32 Å². The van der Waals surface area contributed by atoms with Gasteiger partial charge in [-0.3, -0.25) is 14.9 Å². The number of rotatable bonds is 0. The first-order valence-electron chi connectivity index (χ1n) is 3.15. The second-order valence-electron chi connectivity index (χ2n) is 2.25. The third-order valence-corrected chi connectivity index (χ3v) is 1.58. The largest absolute Gasteiger partial charge is 0.288 e. The van der Waals surface area contributed by atoms with E-state index in [0.29, 0.717) is 11.1 Å². The number of carbonyl (C=O) groups is 2. The average molecular weight is 146 g/mol. The number of nitrogens with one attached hydrogen (secondary N) is 1. The van der Waals surface area contributed by atoms with Crippen LogP contribution in [0.25, 0.3) is 0 Å². The van der Waals surface area contributed by atoms with Gasteiger partial charge < -0.3 is 0 Å². The molecule has 1 N–H and O–H groups in total. The Morgan fingerprint density at radius 1 is 1.18 bits per heavy atom. The lowest BCUT2D eigenvalue weighted by Gasteiger charge is -1.88. The standard InChI is InChI=1S/C8H4NO2/c10-7-5-3-1-2-4-6(5)8(11)9-7/h1,3-4H,(H,9,10,11). The molecule has 0 aliphatic carbocycles. The molecule has 0 atom stereocenters. The lowest BCUT2D eigenvalue weighted by atomic mass is 10.1. The third kappa shape index (κ3) is 0.741. The van der Waals surface area contributed by atoms with Gasteiger partial charge in [-0.25, -0.2) is 0 Å². The molecule has 11 heavy (non-hydrogen) atoms. The van der Waals surface area contributed by atoms with Gasteiger partial charge in [-0.2, -0.15) is 0 Å². The van der Waals surface area contributed by atoms with Crippen molar-refractivity contribution in [1.29, 1.82) is 0 Å². The Morgan fingerprint density at radius 2 is 1.91 bits per heavy atom. The molecular formula is C8H4NO2. The van der Waals surface area contributed by atoms with Gasteiger partial charge in [0, 0.05) is 0 Å². The van der Waals surface area contributed by atoms with Crippen molar-refractivity contribution in [3.05, 3.63) is 35.4 Å². The van der Waals surface area contributed by atoms with Crippen LogP contribution in [0.1, 0.15) is 20.7 Å². The lowest BCUT2D eigenvalue weighted by molar-refractivity contribution is 0.0879. The summed E-state index contributed by atoms with van der Waals surface area (Å²) in [5.74, 6) is -0.652. The molecule has 0 aromatic heterocycles. The first kappa shape index (κ1) is 6.09. The number of hydrogen-bond donors (Lipinski definition) is 1. The van der Waals surface area contributed by atoms with Gasteiger partial charge in [-0.15, -0.1) is 0 Å². The van der Waals surface area contributed by atoms with Gasteiger partial charge in [0.15, 0.2) is 0 Å². The van der Waals surface area contributed by atoms with Crippen LogP contribution in [0.15, 0.2) is 18.2 Å². The molecule has 0 saturated carbocycles. The van der Waals surface area contributed by atoms with Gasteiger partial charge in [0.05, 0.1) is 11.1 Å². The summed E-state index contributed by atoms with van der Waals surface area (Å²) in [7, 11) is 0.